The van der Waals surface area contributed by atoms with Gasteiger partial charge in [0.2, 0.25) is 0 Å². The van der Waals surface area contributed by atoms with E-state index < -0.39 is 8.32 Å². The zero-order chi connectivity index (χ0) is 14.0. The lowest BCUT2D eigenvalue weighted by Gasteiger charge is -2.40. The topological polar surface area (TPSA) is 27.7 Å². The van der Waals surface area contributed by atoms with Crippen molar-refractivity contribution in [2.45, 2.75) is 64.5 Å². The molecule has 1 aliphatic rings. The summed E-state index contributed by atoms with van der Waals surface area (Å²) in [6.45, 7) is 15.0. The summed E-state index contributed by atoms with van der Waals surface area (Å²) in [5.74, 6) is 0.582. The molecule has 0 aromatic heterocycles. The summed E-state index contributed by atoms with van der Waals surface area (Å²) in [5, 5.41) is 0.248. The van der Waals surface area contributed by atoms with Crippen molar-refractivity contribution in [3.63, 3.8) is 0 Å². The van der Waals surface area contributed by atoms with Crippen LogP contribution in [0, 0.1) is 5.92 Å². The molecular formula is C14H30O3Si. The van der Waals surface area contributed by atoms with E-state index in [2.05, 4.69) is 40.8 Å². The van der Waals surface area contributed by atoms with Crippen molar-refractivity contribution in [2.24, 2.45) is 5.92 Å². The van der Waals surface area contributed by atoms with Crippen molar-refractivity contribution >= 4 is 8.32 Å². The van der Waals surface area contributed by atoms with Gasteiger partial charge in [-0.25, -0.2) is 0 Å². The fraction of sp³-hybridized carbons (Fsp3) is 1.00. The van der Waals surface area contributed by atoms with Crippen LogP contribution in [0.15, 0.2) is 0 Å². The van der Waals surface area contributed by atoms with Crippen molar-refractivity contribution < 1.29 is 13.9 Å². The monoisotopic (exact) mass is 274 g/mol. The van der Waals surface area contributed by atoms with Gasteiger partial charge in [-0.05, 0) is 30.5 Å². The van der Waals surface area contributed by atoms with Gasteiger partial charge in [0.05, 0.1) is 12.7 Å². The Labute approximate surface area is 113 Å². The van der Waals surface area contributed by atoms with Gasteiger partial charge in [-0.15, -0.1) is 0 Å². The molecule has 1 saturated heterocycles. The number of methoxy groups -OCH3 is 1. The van der Waals surface area contributed by atoms with Crippen molar-refractivity contribution in [1.82, 2.24) is 0 Å². The Balaban J connectivity index is 2.52. The van der Waals surface area contributed by atoms with Gasteiger partial charge in [0.15, 0.2) is 8.32 Å². The summed E-state index contributed by atoms with van der Waals surface area (Å²) in [5.41, 5.74) is 0. The van der Waals surface area contributed by atoms with E-state index in [1.165, 1.54) is 0 Å². The molecule has 4 heteroatoms. The molecule has 3 atom stereocenters. The average molecular weight is 274 g/mol. The molecule has 1 heterocycles. The zero-order valence-electron chi connectivity index (χ0n) is 13.1. The largest absolute Gasteiger partial charge is 0.414 e. The highest BCUT2D eigenvalue weighted by Crippen LogP contribution is 2.37. The highest BCUT2D eigenvalue weighted by atomic mass is 28.4. The van der Waals surface area contributed by atoms with Gasteiger partial charge in [0, 0.05) is 13.7 Å². The lowest BCUT2D eigenvalue weighted by Crippen LogP contribution is -2.47. The Morgan fingerprint density at radius 1 is 1.28 bits per heavy atom. The minimum absolute atomic E-state index is 0.0975. The summed E-state index contributed by atoms with van der Waals surface area (Å²) in [6, 6.07) is 0. The van der Waals surface area contributed by atoms with E-state index in [9.17, 15) is 0 Å². The summed E-state index contributed by atoms with van der Waals surface area (Å²) < 4.78 is 17.6. The van der Waals surface area contributed by atoms with Crippen molar-refractivity contribution in [2.75, 3.05) is 20.3 Å². The number of hydrogen-bond acceptors (Lipinski definition) is 3. The van der Waals surface area contributed by atoms with Crippen molar-refractivity contribution in [1.29, 1.82) is 0 Å². The van der Waals surface area contributed by atoms with Crippen LogP contribution in [0.1, 0.15) is 34.1 Å². The smallest absolute Gasteiger partial charge is 0.192 e. The van der Waals surface area contributed by atoms with E-state index in [0.717, 1.165) is 13.0 Å². The van der Waals surface area contributed by atoms with Crippen LogP contribution in [0.4, 0.5) is 0 Å². The van der Waals surface area contributed by atoms with E-state index in [1.54, 1.807) is 7.11 Å². The third-order valence-corrected chi connectivity index (χ3v) is 8.86. The van der Waals surface area contributed by atoms with Gasteiger partial charge in [-0.3, -0.25) is 0 Å². The lowest BCUT2D eigenvalue weighted by atomic mass is 9.98. The van der Waals surface area contributed by atoms with E-state index in [4.69, 9.17) is 13.9 Å². The minimum Gasteiger partial charge on any atom is -0.414 e. The molecular weight excluding hydrogens is 244 g/mol. The van der Waals surface area contributed by atoms with Crippen molar-refractivity contribution in [3.8, 4) is 0 Å². The van der Waals surface area contributed by atoms with Crippen LogP contribution in [0.25, 0.3) is 0 Å². The molecule has 0 amide bonds. The van der Waals surface area contributed by atoms with Crippen LogP contribution in [-0.2, 0) is 13.9 Å². The molecule has 3 nitrogen and oxygen atoms in total. The van der Waals surface area contributed by atoms with Crippen LogP contribution in [0.2, 0.25) is 18.1 Å². The maximum absolute atomic E-state index is 6.23. The van der Waals surface area contributed by atoms with Gasteiger partial charge < -0.3 is 13.9 Å². The molecule has 0 unspecified atom stereocenters. The Morgan fingerprint density at radius 2 is 1.89 bits per heavy atom. The first kappa shape index (κ1) is 16.2. The van der Waals surface area contributed by atoms with Crippen LogP contribution < -0.4 is 0 Å². The first-order valence-electron chi connectivity index (χ1n) is 6.95. The highest BCUT2D eigenvalue weighted by molar-refractivity contribution is 6.74. The van der Waals surface area contributed by atoms with Gasteiger partial charge in [-0.1, -0.05) is 27.7 Å². The molecule has 18 heavy (non-hydrogen) atoms. The molecule has 1 rings (SSSR count). The predicted octanol–water partition coefficient (Wildman–Crippen LogP) is 3.45. The van der Waals surface area contributed by atoms with E-state index in [-0.39, 0.29) is 17.2 Å². The maximum atomic E-state index is 6.23. The molecule has 0 saturated carbocycles. The van der Waals surface area contributed by atoms with Crippen LogP contribution in [0.5, 0.6) is 0 Å². The molecule has 0 bridgehead atoms. The lowest BCUT2D eigenvalue weighted by molar-refractivity contribution is -0.124. The number of hydrogen-bond donors (Lipinski definition) is 0. The summed E-state index contributed by atoms with van der Waals surface area (Å²) in [7, 11) is 0.0855. The highest BCUT2D eigenvalue weighted by Gasteiger charge is 2.39. The summed E-state index contributed by atoms with van der Waals surface area (Å²) in [4.78, 5) is 0. The summed E-state index contributed by atoms with van der Waals surface area (Å²) >= 11 is 0. The first-order chi connectivity index (χ1) is 8.17. The fourth-order valence-corrected chi connectivity index (χ4v) is 2.94. The average Bonchev–Trinajstić information content (AvgIpc) is 2.25. The first-order valence-corrected chi connectivity index (χ1v) is 9.86. The van der Waals surface area contributed by atoms with E-state index >= 15 is 0 Å². The third-order valence-electron chi connectivity index (χ3n) is 4.36. The molecule has 0 N–H and O–H groups in total. The van der Waals surface area contributed by atoms with Crippen LogP contribution in [-0.4, -0.2) is 40.8 Å². The number of ether oxygens (including phenoxy) is 2. The molecule has 0 spiro atoms. The van der Waals surface area contributed by atoms with E-state index in [1.807, 2.05) is 0 Å². The second kappa shape index (κ2) is 6.03. The van der Waals surface area contributed by atoms with Gasteiger partial charge in [0.1, 0.15) is 6.10 Å². The van der Waals surface area contributed by atoms with Crippen LogP contribution in [0.3, 0.4) is 0 Å². The second-order valence-electron chi connectivity index (χ2n) is 7.06. The third kappa shape index (κ3) is 4.05. The van der Waals surface area contributed by atoms with Gasteiger partial charge in [-0.2, -0.15) is 0 Å². The zero-order valence-corrected chi connectivity index (χ0v) is 14.1. The van der Waals surface area contributed by atoms with Crippen molar-refractivity contribution in [3.05, 3.63) is 0 Å². The Bertz CT molecular complexity index is 260. The molecule has 1 fully saturated rings. The predicted molar refractivity (Wildman–Crippen MR) is 77.5 cm³/mol. The summed E-state index contributed by atoms with van der Waals surface area (Å²) in [6.07, 6.45) is 1.35. The molecule has 108 valence electrons. The Hall–Kier alpha value is 0.0969. The molecule has 0 aliphatic carbocycles. The normalized spacial score (nSPS) is 30.5. The second-order valence-corrected chi connectivity index (χ2v) is 11.9. The quantitative estimate of drug-likeness (QED) is 0.735. The molecule has 1 aliphatic heterocycles. The van der Waals surface area contributed by atoms with Gasteiger partial charge >= 0.3 is 0 Å². The molecule has 0 radical (unpaired) electrons. The van der Waals surface area contributed by atoms with E-state index in [0.29, 0.717) is 12.5 Å². The van der Waals surface area contributed by atoms with Crippen LogP contribution >= 0.6 is 0 Å². The fourth-order valence-electron chi connectivity index (χ4n) is 1.92. The molecule has 0 aromatic rings. The van der Waals surface area contributed by atoms with Gasteiger partial charge in [0.25, 0.3) is 0 Å². The minimum atomic E-state index is -1.68. The molecule has 0 aromatic carbocycles. The maximum Gasteiger partial charge on any atom is 0.192 e. The Kier molecular flexibility index (Phi) is 5.41. The SMILES string of the molecule is CO[C@H]1C[C@@H](C)CO[C@@H]1CO[Si](C)(C)C(C)(C)C. The Morgan fingerprint density at radius 3 is 2.39 bits per heavy atom. The standard InChI is InChI=1S/C14H30O3Si/c1-11-8-12(15-5)13(16-9-11)10-17-18(6,7)14(2,3)4/h11-13H,8-10H2,1-7H3/t11-,12+,13-/m1/s1. The number of rotatable bonds is 4.